The van der Waals surface area contributed by atoms with Gasteiger partial charge in [-0.2, -0.15) is 0 Å². The highest BCUT2D eigenvalue weighted by Gasteiger charge is 2.33. The molecule has 0 unspecified atom stereocenters. The van der Waals surface area contributed by atoms with Crippen molar-refractivity contribution in [3.05, 3.63) is 82.5 Å². The Balaban J connectivity index is 1.28. The van der Waals surface area contributed by atoms with Crippen LogP contribution in [-0.2, 0) is 9.59 Å². The highest BCUT2D eigenvalue weighted by molar-refractivity contribution is 8.26. The summed E-state index contributed by atoms with van der Waals surface area (Å²) in [7, 11) is 0. The highest BCUT2D eigenvalue weighted by Crippen LogP contribution is 2.32. The number of hydrogen-bond acceptors (Lipinski definition) is 8. The molecule has 1 aromatic heterocycles. The van der Waals surface area contributed by atoms with E-state index in [2.05, 4.69) is 15.5 Å². The summed E-state index contributed by atoms with van der Waals surface area (Å²) >= 11 is 9.14. The first-order chi connectivity index (χ1) is 16.5. The van der Waals surface area contributed by atoms with Gasteiger partial charge in [0.2, 0.25) is 11.0 Å². The molecule has 1 aliphatic rings. The van der Waals surface area contributed by atoms with Crippen molar-refractivity contribution in [3.63, 3.8) is 0 Å². The lowest BCUT2D eigenvalue weighted by atomic mass is 10.2. The molecule has 0 radical (unpaired) electrons. The number of anilines is 1. The van der Waals surface area contributed by atoms with Gasteiger partial charge in [-0.25, -0.2) is 4.39 Å². The highest BCUT2D eigenvalue weighted by atomic mass is 32.2. The topological polar surface area (TPSA) is 75.2 Å². The van der Waals surface area contributed by atoms with Gasteiger partial charge in [-0.15, -0.1) is 10.2 Å². The van der Waals surface area contributed by atoms with Gasteiger partial charge >= 0.3 is 0 Å². The number of amides is 2. The number of thiocarbonyl (C=S) groups is 1. The van der Waals surface area contributed by atoms with Crippen molar-refractivity contribution < 1.29 is 14.0 Å². The zero-order valence-corrected chi connectivity index (χ0v) is 20.8. The molecule has 2 amide bonds. The normalized spacial score (nSPS) is 15.0. The van der Waals surface area contributed by atoms with Crippen LogP contribution in [-0.4, -0.2) is 43.5 Å². The Morgan fingerprint density at radius 2 is 1.88 bits per heavy atom. The Labute approximate surface area is 213 Å². The van der Waals surface area contributed by atoms with Gasteiger partial charge in [0.25, 0.3) is 5.91 Å². The first kappa shape index (κ1) is 24.3. The predicted molar refractivity (Wildman–Crippen MR) is 141 cm³/mol. The van der Waals surface area contributed by atoms with Gasteiger partial charge in [-0.1, -0.05) is 102 Å². The van der Waals surface area contributed by atoms with E-state index >= 15 is 0 Å². The fourth-order valence-electron chi connectivity index (χ4n) is 2.84. The van der Waals surface area contributed by atoms with E-state index in [1.165, 1.54) is 40.1 Å². The Morgan fingerprint density at radius 1 is 1.12 bits per heavy atom. The molecule has 0 bridgehead atoms. The Kier molecular flexibility index (Phi) is 8.22. The number of nitrogens with zero attached hydrogens (tertiary/aromatic N) is 3. The number of aromatic nitrogens is 2. The molecule has 2 aromatic carbocycles. The van der Waals surface area contributed by atoms with E-state index in [-0.39, 0.29) is 22.6 Å². The van der Waals surface area contributed by atoms with Crippen LogP contribution in [0.1, 0.15) is 11.1 Å². The van der Waals surface area contributed by atoms with Crippen molar-refractivity contribution in [3.8, 4) is 0 Å². The van der Waals surface area contributed by atoms with E-state index in [0.29, 0.717) is 21.4 Å². The number of hydrogen-bond donors (Lipinski definition) is 1. The van der Waals surface area contributed by atoms with E-state index in [1.54, 1.807) is 18.2 Å². The number of nitrogens with one attached hydrogen (secondary N) is 1. The molecule has 4 rings (SSSR count). The van der Waals surface area contributed by atoms with Crippen LogP contribution in [0.5, 0.6) is 0 Å². The van der Waals surface area contributed by atoms with Gasteiger partial charge in [-0.3, -0.25) is 19.8 Å². The lowest BCUT2D eigenvalue weighted by molar-refractivity contribution is -0.126. The molecule has 34 heavy (non-hydrogen) atoms. The summed E-state index contributed by atoms with van der Waals surface area (Å²) in [5, 5.41) is 11.1. The summed E-state index contributed by atoms with van der Waals surface area (Å²) in [5.41, 5.74) is 1.79. The second kappa shape index (κ2) is 11.5. The second-order valence-corrected chi connectivity index (χ2v) is 10.8. The average molecular weight is 529 g/mol. The lowest BCUT2D eigenvalue weighted by Crippen LogP contribution is -2.36. The number of halogens is 1. The zero-order chi connectivity index (χ0) is 23.9. The molecule has 3 aromatic rings. The predicted octanol–water partition coefficient (Wildman–Crippen LogP) is 5.32. The van der Waals surface area contributed by atoms with E-state index in [9.17, 15) is 14.0 Å². The smallest absolute Gasteiger partial charge is 0.266 e. The Bertz CT molecular complexity index is 1260. The zero-order valence-electron chi connectivity index (χ0n) is 17.5. The lowest BCUT2D eigenvalue weighted by Gasteiger charge is -2.13. The van der Waals surface area contributed by atoms with Crippen LogP contribution in [0.2, 0.25) is 0 Å². The molecular formula is C23H17FN4O2S4. The van der Waals surface area contributed by atoms with E-state index in [0.717, 1.165) is 21.7 Å². The minimum Gasteiger partial charge on any atom is -0.299 e. The van der Waals surface area contributed by atoms with Gasteiger partial charge in [-0.05, 0) is 29.3 Å². The van der Waals surface area contributed by atoms with Crippen LogP contribution < -0.4 is 5.32 Å². The van der Waals surface area contributed by atoms with Gasteiger partial charge in [0.05, 0.1) is 4.91 Å². The standard InChI is InChI=1S/C23H17FN4O2S4/c24-17-10-8-16(9-11-17)13-18-20(30)28(23(31)33-18)14-19(29)25-21-26-27-22(34-21)32-12-4-7-15-5-2-1-3-6-15/h1-11,13H,12,14H2,(H,25,26,29)/b7-4+,18-13+. The summed E-state index contributed by atoms with van der Waals surface area (Å²) in [4.78, 5) is 26.8. The third-order valence-electron chi connectivity index (χ3n) is 4.41. The molecular weight excluding hydrogens is 512 g/mol. The summed E-state index contributed by atoms with van der Waals surface area (Å²) < 4.78 is 14.1. The van der Waals surface area contributed by atoms with Gasteiger partial charge in [0.15, 0.2) is 4.34 Å². The summed E-state index contributed by atoms with van der Waals surface area (Å²) in [6.07, 6.45) is 5.69. The van der Waals surface area contributed by atoms with Crippen LogP contribution >= 0.6 is 47.1 Å². The van der Waals surface area contributed by atoms with Gasteiger partial charge in [0, 0.05) is 5.75 Å². The van der Waals surface area contributed by atoms with E-state index in [4.69, 9.17) is 12.2 Å². The maximum atomic E-state index is 13.1. The van der Waals surface area contributed by atoms with Crippen LogP contribution in [0.25, 0.3) is 12.2 Å². The number of carbonyl (C=O) groups excluding carboxylic acids is 2. The van der Waals surface area contributed by atoms with Crippen molar-refractivity contribution >= 4 is 80.5 Å². The third-order valence-corrected chi connectivity index (χ3v) is 7.71. The number of thioether (sulfide) groups is 2. The van der Waals surface area contributed by atoms with Crippen molar-refractivity contribution in [2.75, 3.05) is 17.6 Å². The Hall–Kier alpha value is -2.86. The SMILES string of the molecule is O=C(CN1C(=O)/C(=C\c2ccc(F)cc2)SC1=S)Nc1nnc(SC/C=C/c2ccccc2)s1. The minimum absolute atomic E-state index is 0.229. The summed E-state index contributed by atoms with van der Waals surface area (Å²) in [6.45, 7) is -0.229. The maximum absolute atomic E-state index is 13.1. The van der Waals surface area contributed by atoms with Crippen LogP contribution in [0.3, 0.4) is 0 Å². The summed E-state index contributed by atoms with van der Waals surface area (Å²) in [6, 6.07) is 15.7. The van der Waals surface area contributed by atoms with Crippen molar-refractivity contribution in [2.45, 2.75) is 4.34 Å². The fourth-order valence-corrected chi connectivity index (χ4v) is 5.69. The number of benzene rings is 2. The first-order valence-electron chi connectivity index (χ1n) is 9.96. The van der Waals surface area contributed by atoms with Crippen LogP contribution in [0.15, 0.2) is 69.9 Å². The van der Waals surface area contributed by atoms with Crippen molar-refractivity contribution in [1.82, 2.24) is 15.1 Å². The molecule has 0 spiro atoms. The minimum atomic E-state index is -0.420. The van der Waals surface area contributed by atoms with Gasteiger partial charge in [0.1, 0.15) is 16.7 Å². The Morgan fingerprint density at radius 3 is 2.65 bits per heavy atom. The quantitative estimate of drug-likeness (QED) is 0.183. The first-order valence-corrected chi connectivity index (χ1v) is 13.0. The fraction of sp³-hybridized carbons (Fsp3) is 0.0870. The van der Waals surface area contributed by atoms with E-state index in [1.807, 2.05) is 42.5 Å². The van der Waals surface area contributed by atoms with Crippen LogP contribution in [0.4, 0.5) is 9.52 Å². The molecule has 172 valence electrons. The molecule has 1 fully saturated rings. The molecule has 2 heterocycles. The van der Waals surface area contributed by atoms with Gasteiger partial charge < -0.3 is 0 Å². The number of rotatable bonds is 8. The third kappa shape index (κ3) is 6.60. The van der Waals surface area contributed by atoms with Crippen molar-refractivity contribution in [1.29, 1.82) is 0 Å². The largest absolute Gasteiger partial charge is 0.299 e. The number of carbonyl (C=O) groups is 2. The molecule has 0 aliphatic carbocycles. The molecule has 1 N–H and O–H groups in total. The average Bonchev–Trinajstić information content (AvgIpc) is 3.38. The molecule has 0 saturated carbocycles. The van der Waals surface area contributed by atoms with E-state index < -0.39 is 5.91 Å². The van der Waals surface area contributed by atoms with Crippen LogP contribution in [0, 0.1) is 5.82 Å². The maximum Gasteiger partial charge on any atom is 0.266 e. The monoisotopic (exact) mass is 528 g/mol. The molecule has 1 aliphatic heterocycles. The second-order valence-electron chi connectivity index (χ2n) is 6.86. The molecule has 1 saturated heterocycles. The molecule has 11 heteroatoms. The summed E-state index contributed by atoms with van der Waals surface area (Å²) in [5.74, 6) is -0.429. The molecule has 6 nitrogen and oxygen atoms in total. The van der Waals surface area contributed by atoms with Crippen molar-refractivity contribution in [2.24, 2.45) is 0 Å². The molecule has 0 atom stereocenters.